The van der Waals surface area contributed by atoms with Crippen LogP contribution in [0.25, 0.3) is 31.8 Å². The highest BCUT2D eigenvalue weighted by Gasteiger charge is 2.11. The number of anilines is 1. The summed E-state index contributed by atoms with van der Waals surface area (Å²) in [5, 5.41) is 1.70. The van der Waals surface area contributed by atoms with Gasteiger partial charge in [-0.15, -0.1) is 11.3 Å². The number of nitrogen functional groups attached to an aromatic ring is 1. The second-order valence-corrected chi connectivity index (χ2v) is 5.63. The lowest BCUT2D eigenvalue weighted by Crippen LogP contribution is -1.82. The van der Waals surface area contributed by atoms with Crippen molar-refractivity contribution in [3.8, 4) is 10.7 Å². The van der Waals surface area contributed by atoms with Gasteiger partial charge in [0.15, 0.2) is 0 Å². The first-order chi connectivity index (χ1) is 9.70. The summed E-state index contributed by atoms with van der Waals surface area (Å²) in [6.07, 6.45) is 0. The molecule has 2 heterocycles. The lowest BCUT2D eigenvalue weighted by Gasteiger charge is -1.90. The summed E-state index contributed by atoms with van der Waals surface area (Å²) in [7, 11) is 0. The molecule has 0 fully saturated rings. The molecular weight excluding hydrogens is 273 g/mol. The molecule has 0 aliphatic carbocycles. The van der Waals surface area contributed by atoms with Gasteiger partial charge in [-0.3, -0.25) is 0 Å². The van der Waals surface area contributed by atoms with Gasteiger partial charge in [0.25, 0.3) is 0 Å². The van der Waals surface area contributed by atoms with E-state index in [1.165, 1.54) is 23.5 Å². The molecule has 4 rings (SSSR count). The molecule has 3 N–H and O–H groups in total. The summed E-state index contributed by atoms with van der Waals surface area (Å²) in [4.78, 5) is 7.83. The number of fused-ring (bicyclic) bond motifs is 2. The third-order valence-corrected chi connectivity index (χ3v) is 4.41. The fraction of sp³-hybridized carbons (Fsp3) is 0. The maximum atomic E-state index is 13.2. The highest BCUT2D eigenvalue weighted by Crippen LogP contribution is 2.34. The van der Waals surface area contributed by atoms with Gasteiger partial charge in [-0.25, -0.2) is 9.37 Å². The van der Waals surface area contributed by atoms with Crippen LogP contribution in [0.15, 0.2) is 42.5 Å². The molecule has 0 radical (unpaired) electrons. The van der Waals surface area contributed by atoms with Crippen LogP contribution in [0.4, 0.5) is 10.1 Å². The van der Waals surface area contributed by atoms with Crippen LogP contribution >= 0.6 is 11.3 Å². The molecule has 0 saturated carbocycles. The summed E-state index contributed by atoms with van der Waals surface area (Å²) >= 11 is 1.54. The largest absolute Gasteiger partial charge is 0.398 e. The monoisotopic (exact) mass is 283 g/mol. The van der Waals surface area contributed by atoms with Crippen LogP contribution < -0.4 is 5.73 Å². The van der Waals surface area contributed by atoms with Crippen LogP contribution in [0.1, 0.15) is 0 Å². The minimum Gasteiger partial charge on any atom is -0.398 e. The van der Waals surface area contributed by atoms with E-state index in [2.05, 4.69) is 9.97 Å². The fourth-order valence-electron chi connectivity index (χ4n) is 2.30. The zero-order valence-corrected chi connectivity index (χ0v) is 11.2. The van der Waals surface area contributed by atoms with E-state index in [0.29, 0.717) is 0 Å². The number of nitrogens with two attached hydrogens (primary N) is 1. The molecule has 20 heavy (non-hydrogen) atoms. The number of halogens is 1. The molecule has 98 valence electrons. The van der Waals surface area contributed by atoms with E-state index in [1.54, 1.807) is 6.07 Å². The molecule has 0 spiro atoms. The third-order valence-electron chi connectivity index (χ3n) is 3.26. The van der Waals surface area contributed by atoms with Crippen LogP contribution in [0.3, 0.4) is 0 Å². The van der Waals surface area contributed by atoms with Crippen LogP contribution in [0, 0.1) is 5.82 Å². The summed E-state index contributed by atoms with van der Waals surface area (Å²) in [5.41, 5.74) is 9.34. The predicted octanol–water partition coefficient (Wildman–Crippen LogP) is 4.17. The molecule has 3 nitrogen and oxygen atoms in total. The van der Waals surface area contributed by atoms with E-state index >= 15 is 0 Å². The molecule has 0 aliphatic heterocycles. The van der Waals surface area contributed by atoms with E-state index in [4.69, 9.17) is 5.73 Å². The first kappa shape index (κ1) is 11.4. The van der Waals surface area contributed by atoms with Crippen molar-refractivity contribution in [2.75, 3.05) is 5.73 Å². The van der Waals surface area contributed by atoms with Crippen LogP contribution in [-0.4, -0.2) is 9.97 Å². The van der Waals surface area contributed by atoms with Gasteiger partial charge in [-0.05, 0) is 36.4 Å². The second-order valence-electron chi connectivity index (χ2n) is 4.63. The lowest BCUT2D eigenvalue weighted by molar-refractivity contribution is 0.630. The van der Waals surface area contributed by atoms with Crippen LogP contribution in [-0.2, 0) is 0 Å². The number of H-pyrrole nitrogens is 1. The SMILES string of the molecule is Nc1cccc2nc(-c3cc4cc(F)ccc4[nH]3)sc12. The van der Waals surface area contributed by atoms with Gasteiger partial charge in [0.05, 0.1) is 21.6 Å². The number of thiazole rings is 1. The first-order valence-electron chi connectivity index (χ1n) is 6.14. The summed E-state index contributed by atoms with van der Waals surface area (Å²) in [6.45, 7) is 0. The van der Waals surface area contributed by atoms with Crippen LogP contribution in [0.5, 0.6) is 0 Å². The van der Waals surface area contributed by atoms with E-state index in [-0.39, 0.29) is 5.82 Å². The molecule has 0 atom stereocenters. The number of rotatable bonds is 1. The van der Waals surface area contributed by atoms with E-state index < -0.39 is 0 Å². The quantitative estimate of drug-likeness (QED) is 0.515. The smallest absolute Gasteiger partial charge is 0.141 e. The molecule has 0 aliphatic rings. The lowest BCUT2D eigenvalue weighted by atomic mass is 10.2. The Morgan fingerprint density at radius 1 is 1.15 bits per heavy atom. The highest BCUT2D eigenvalue weighted by atomic mass is 32.1. The Balaban J connectivity index is 1.94. The number of nitrogens with zero attached hydrogens (tertiary/aromatic N) is 1. The molecule has 0 saturated heterocycles. The number of benzene rings is 2. The standard InChI is InChI=1S/C15H10FN3S/c16-9-4-5-11-8(6-9)7-13(18-11)15-19-12-3-1-2-10(17)14(12)20-15/h1-7,18H,17H2. The summed E-state index contributed by atoms with van der Waals surface area (Å²) in [6, 6.07) is 12.3. The molecular formula is C15H10FN3S. The van der Waals surface area contributed by atoms with Gasteiger partial charge in [-0.1, -0.05) is 6.07 Å². The number of aromatic amines is 1. The normalized spacial score (nSPS) is 11.4. The highest BCUT2D eigenvalue weighted by molar-refractivity contribution is 7.22. The van der Waals surface area contributed by atoms with Gasteiger partial charge >= 0.3 is 0 Å². The zero-order valence-electron chi connectivity index (χ0n) is 10.4. The van der Waals surface area contributed by atoms with Gasteiger partial charge < -0.3 is 10.7 Å². The Hall–Kier alpha value is -2.40. The number of hydrogen-bond acceptors (Lipinski definition) is 3. The van der Waals surface area contributed by atoms with Crippen LogP contribution in [0.2, 0.25) is 0 Å². The van der Waals surface area contributed by atoms with Gasteiger partial charge in [0, 0.05) is 10.9 Å². The molecule has 2 aromatic carbocycles. The Bertz CT molecular complexity index is 939. The van der Waals surface area contributed by atoms with Gasteiger partial charge in [0.2, 0.25) is 0 Å². The van der Waals surface area contributed by atoms with Crippen molar-refractivity contribution in [3.05, 3.63) is 48.3 Å². The van der Waals surface area contributed by atoms with Crippen molar-refractivity contribution in [1.82, 2.24) is 9.97 Å². The van der Waals surface area contributed by atoms with E-state index in [1.807, 2.05) is 24.3 Å². The molecule has 0 bridgehead atoms. The topological polar surface area (TPSA) is 54.7 Å². The van der Waals surface area contributed by atoms with Crippen molar-refractivity contribution >= 4 is 38.1 Å². The predicted molar refractivity (Wildman–Crippen MR) is 81.3 cm³/mol. The first-order valence-corrected chi connectivity index (χ1v) is 6.96. The minimum absolute atomic E-state index is 0.239. The second kappa shape index (κ2) is 4.05. The average Bonchev–Trinajstić information content (AvgIpc) is 3.01. The Labute approximate surface area is 117 Å². The average molecular weight is 283 g/mol. The van der Waals surface area contributed by atoms with Gasteiger partial charge in [0.1, 0.15) is 10.8 Å². The van der Waals surface area contributed by atoms with Crippen molar-refractivity contribution in [1.29, 1.82) is 0 Å². The number of nitrogens with one attached hydrogen (secondary N) is 1. The van der Waals surface area contributed by atoms with E-state index in [9.17, 15) is 4.39 Å². The summed E-state index contributed by atoms with van der Waals surface area (Å²) < 4.78 is 14.2. The molecule has 4 aromatic rings. The van der Waals surface area contributed by atoms with E-state index in [0.717, 1.165) is 37.5 Å². The third kappa shape index (κ3) is 1.67. The number of aromatic nitrogens is 2. The molecule has 5 heteroatoms. The Kier molecular flexibility index (Phi) is 2.31. The van der Waals surface area contributed by atoms with Gasteiger partial charge in [-0.2, -0.15) is 0 Å². The Morgan fingerprint density at radius 3 is 2.90 bits per heavy atom. The van der Waals surface area contributed by atoms with Crippen molar-refractivity contribution in [3.63, 3.8) is 0 Å². The Morgan fingerprint density at radius 2 is 2.05 bits per heavy atom. The maximum absolute atomic E-state index is 13.2. The zero-order chi connectivity index (χ0) is 13.7. The minimum atomic E-state index is -0.239. The van der Waals surface area contributed by atoms with Crippen molar-refractivity contribution in [2.45, 2.75) is 0 Å². The summed E-state index contributed by atoms with van der Waals surface area (Å²) in [5.74, 6) is -0.239. The van der Waals surface area contributed by atoms with Crippen molar-refractivity contribution in [2.24, 2.45) is 0 Å². The fourth-order valence-corrected chi connectivity index (χ4v) is 3.27. The van der Waals surface area contributed by atoms with Crippen molar-refractivity contribution < 1.29 is 4.39 Å². The molecule has 2 aromatic heterocycles. The maximum Gasteiger partial charge on any atom is 0.141 e. The molecule has 0 amide bonds. The number of hydrogen-bond donors (Lipinski definition) is 2. The molecule has 0 unspecified atom stereocenters.